The summed E-state index contributed by atoms with van der Waals surface area (Å²) in [4.78, 5) is 16.7. The molecule has 0 unspecified atom stereocenters. The van der Waals surface area contributed by atoms with Gasteiger partial charge in [-0.3, -0.25) is 9.78 Å². The van der Waals surface area contributed by atoms with Gasteiger partial charge in [0.25, 0.3) is 5.91 Å². The molecule has 0 spiro atoms. The zero-order chi connectivity index (χ0) is 15.5. The average Bonchev–Trinajstić information content (AvgIpc) is 2.55. The van der Waals surface area contributed by atoms with Crippen LogP contribution in [0, 0.1) is 0 Å². The monoisotopic (exact) mass is 356 g/mol. The number of carbonyl (C=O) groups is 1. The number of aromatic nitrogens is 1. The highest BCUT2D eigenvalue weighted by molar-refractivity contribution is 9.10. The van der Waals surface area contributed by atoms with Gasteiger partial charge in [0, 0.05) is 21.6 Å². The van der Waals surface area contributed by atoms with Gasteiger partial charge >= 0.3 is 0 Å². The van der Waals surface area contributed by atoms with E-state index < -0.39 is 0 Å². The van der Waals surface area contributed by atoms with Gasteiger partial charge in [0.1, 0.15) is 5.75 Å². The lowest BCUT2D eigenvalue weighted by Gasteiger charge is -2.11. The Hall–Kier alpha value is -2.40. The molecule has 1 amide bonds. The predicted molar refractivity (Wildman–Crippen MR) is 90.4 cm³/mol. The number of nitrogens with one attached hydrogen (secondary N) is 1. The van der Waals surface area contributed by atoms with Crippen molar-refractivity contribution < 1.29 is 9.53 Å². The molecule has 0 aliphatic carbocycles. The lowest BCUT2D eigenvalue weighted by Crippen LogP contribution is -2.12. The van der Waals surface area contributed by atoms with Crippen LogP contribution < -0.4 is 10.1 Å². The van der Waals surface area contributed by atoms with E-state index in [1.165, 1.54) is 0 Å². The summed E-state index contributed by atoms with van der Waals surface area (Å²) in [5.74, 6) is 0.550. The number of hydrogen-bond donors (Lipinski definition) is 1. The number of carbonyl (C=O) groups excluding carboxylic acids is 1. The number of halogens is 1. The lowest BCUT2D eigenvalue weighted by molar-refractivity contribution is 0.102. The Morgan fingerprint density at radius 3 is 2.64 bits per heavy atom. The molecule has 0 saturated heterocycles. The van der Waals surface area contributed by atoms with Gasteiger partial charge < -0.3 is 10.1 Å². The fraction of sp³-hybridized carbons (Fsp3) is 0.0588. The van der Waals surface area contributed by atoms with Gasteiger partial charge in [-0.1, -0.05) is 15.9 Å². The van der Waals surface area contributed by atoms with Crippen LogP contribution in [0.4, 0.5) is 5.69 Å². The highest BCUT2D eigenvalue weighted by Crippen LogP contribution is 2.30. The molecule has 1 heterocycles. The van der Waals surface area contributed by atoms with E-state index in [9.17, 15) is 4.79 Å². The third-order valence-electron chi connectivity index (χ3n) is 3.30. The minimum absolute atomic E-state index is 0.176. The molecule has 3 rings (SSSR count). The van der Waals surface area contributed by atoms with Gasteiger partial charge in [0.15, 0.2) is 0 Å². The molecule has 1 N–H and O–H groups in total. The number of hydrogen-bond acceptors (Lipinski definition) is 3. The first-order valence-electron chi connectivity index (χ1n) is 6.67. The SMILES string of the molecule is COc1ccc(NC(=O)c2ccc(Br)cc2)c2ncccc12. The molecule has 110 valence electrons. The molecule has 0 aliphatic heterocycles. The van der Waals surface area contributed by atoms with Crippen molar-refractivity contribution in [2.24, 2.45) is 0 Å². The largest absolute Gasteiger partial charge is 0.496 e. The number of amides is 1. The van der Waals surface area contributed by atoms with Crippen molar-refractivity contribution in [2.75, 3.05) is 12.4 Å². The summed E-state index contributed by atoms with van der Waals surface area (Å²) in [5.41, 5.74) is 1.94. The van der Waals surface area contributed by atoms with Crippen molar-refractivity contribution in [3.63, 3.8) is 0 Å². The summed E-state index contributed by atoms with van der Waals surface area (Å²) < 4.78 is 6.26. The highest BCUT2D eigenvalue weighted by Gasteiger charge is 2.11. The van der Waals surface area contributed by atoms with E-state index in [0.717, 1.165) is 15.6 Å². The van der Waals surface area contributed by atoms with E-state index in [0.29, 0.717) is 16.8 Å². The average molecular weight is 357 g/mol. The second-order valence-corrected chi connectivity index (χ2v) is 5.59. The third kappa shape index (κ3) is 2.80. The first kappa shape index (κ1) is 14.5. The highest BCUT2D eigenvalue weighted by atomic mass is 79.9. The molecule has 5 heteroatoms. The molecule has 1 aromatic heterocycles. The van der Waals surface area contributed by atoms with E-state index in [-0.39, 0.29) is 5.91 Å². The minimum Gasteiger partial charge on any atom is -0.496 e. The van der Waals surface area contributed by atoms with Crippen molar-refractivity contribution in [3.05, 3.63) is 64.8 Å². The fourth-order valence-corrected chi connectivity index (χ4v) is 2.49. The Kier molecular flexibility index (Phi) is 4.06. The van der Waals surface area contributed by atoms with Crippen molar-refractivity contribution >= 4 is 38.4 Å². The molecule has 22 heavy (non-hydrogen) atoms. The first-order valence-corrected chi connectivity index (χ1v) is 7.47. The third-order valence-corrected chi connectivity index (χ3v) is 3.83. The van der Waals surface area contributed by atoms with Crippen LogP contribution in [0.5, 0.6) is 5.75 Å². The Balaban J connectivity index is 1.97. The quantitative estimate of drug-likeness (QED) is 0.762. The van der Waals surface area contributed by atoms with E-state index in [1.807, 2.05) is 30.3 Å². The van der Waals surface area contributed by atoms with E-state index >= 15 is 0 Å². The van der Waals surface area contributed by atoms with Crippen molar-refractivity contribution in [1.29, 1.82) is 0 Å². The summed E-state index contributed by atoms with van der Waals surface area (Å²) in [6.45, 7) is 0. The molecule has 0 saturated carbocycles. The van der Waals surface area contributed by atoms with Crippen LogP contribution in [0.1, 0.15) is 10.4 Å². The summed E-state index contributed by atoms with van der Waals surface area (Å²) in [6.07, 6.45) is 1.69. The molecular weight excluding hydrogens is 344 g/mol. The first-order chi connectivity index (χ1) is 10.7. The number of pyridine rings is 1. The van der Waals surface area contributed by atoms with E-state index in [2.05, 4.69) is 26.2 Å². The van der Waals surface area contributed by atoms with Crippen LogP contribution in [0.2, 0.25) is 0 Å². The second kappa shape index (κ2) is 6.15. The van der Waals surface area contributed by atoms with Crippen LogP contribution in [-0.4, -0.2) is 18.0 Å². The molecule has 0 fully saturated rings. The van der Waals surface area contributed by atoms with Crippen molar-refractivity contribution in [2.45, 2.75) is 0 Å². The Labute approximate surface area is 136 Å². The zero-order valence-corrected chi connectivity index (χ0v) is 13.4. The molecule has 4 nitrogen and oxygen atoms in total. The number of methoxy groups -OCH3 is 1. The molecule has 0 radical (unpaired) electrons. The maximum Gasteiger partial charge on any atom is 0.255 e. The predicted octanol–water partition coefficient (Wildman–Crippen LogP) is 4.26. The molecular formula is C17H13BrN2O2. The van der Waals surface area contributed by atoms with Gasteiger partial charge in [-0.2, -0.15) is 0 Å². The van der Waals surface area contributed by atoms with Gasteiger partial charge in [-0.25, -0.2) is 0 Å². The van der Waals surface area contributed by atoms with Gasteiger partial charge in [0.05, 0.1) is 18.3 Å². The number of anilines is 1. The van der Waals surface area contributed by atoms with Crippen LogP contribution >= 0.6 is 15.9 Å². The maximum absolute atomic E-state index is 12.3. The zero-order valence-electron chi connectivity index (χ0n) is 11.8. The number of benzene rings is 2. The Morgan fingerprint density at radius 1 is 1.14 bits per heavy atom. The summed E-state index contributed by atoms with van der Waals surface area (Å²) in [6, 6.07) is 14.6. The molecule has 0 bridgehead atoms. The molecule has 0 aliphatic rings. The van der Waals surface area contributed by atoms with Crippen LogP contribution in [0.3, 0.4) is 0 Å². The summed E-state index contributed by atoms with van der Waals surface area (Å²) in [7, 11) is 1.61. The Bertz CT molecular complexity index is 832. The van der Waals surface area contributed by atoms with E-state index in [4.69, 9.17) is 4.74 Å². The van der Waals surface area contributed by atoms with Crippen LogP contribution in [-0.2, 0) is 0 Å². The minimum atomic E-state index is -0.176. The number of rotatable bonds is 3. The number of nitrogens with zero attached hydrogens (tertiary/aromatic N) is 1. The molecule has 3 aromatic rings. The smallest absolute Gasteiger partial charge is 0.255 e. The summed E-state index contributed by atoms with van der Waals surface area (Å²) >= 11 is 3.35. The molecule has 2 aromatic carbocycles. The fourth-order valence-electron chi connectivity index (χ4n) is 2.22. The summed E-state index contributed by atoms with van der Waals surface area (Å²) in [5, 5.41) is 3.76. The van der Waals surface area contributed by atoms with Gasteiger partial charge in [-0.05, 0) is 48.5 Å². The van der Waals surface area contributed by atoms with Crippen LogP contribution in [0.15, 0.2) is 59.2 Å². The topological polar surface area (TPSA) is 51.2 Å². The van der Waals surface area contributed by atoms with Gasteiger partial charge in [0.2, 0.25) is 0 Å². The van der Waals surface area contributed by atoms with Gasteiger partial charge in [-0.15, -0.1) is 0 Å². The van der Waals surface area contributed by atoms with Crippen LogP contribution in [0.25, 0.3) is 10.9 Å². The lowest BCUT2D eigenvalue weighted by atomic mass is 10.1. The van der Waals surface area contributed by atoms with E-state index in [1.54, 1.807) is 31.5 Å². The normalized spacial score (nSPS) is 10.5. The van der Waals surface area contributed by atoms with Crippen molar-refractivity contribution in [3.8, 4) is 5.75 Å². The number of fused-ring (bicyclic) bond motifs is 1. The number of ether oxygens (including phenoxy) is 1. The standard InChI is InChI=1S/C17H13BrN2O2/c1-22-15-9-8-14(16-13(15)3-2-10-19-16)20-17(21)11-4-6-12(18)7-5-11/h2-10H,1H3,(H,20,21). The molecule has 0 atom stereocenters. The second-order valence-electron chi connectivity index (χ2n) is 4.68. The van der Waals surface area contributed by atoms with Crippen molar-refractivity contribution in [1.82, 2.24) is 4.98 Å². The Morgan fingerprint density at radius 2 is 1.91 bits per heavy atom. The maximum atomic E-state index is 12.3.